The van der Waals surface area contributed by atoms with Crippen molar-refractivity contribution in [2.45, 2.75) is 44.8 Å². The van der Waals surface area contributed by atoms with E-state index in [1.165, 1.54) is 11.1 Å². The maximum absolute atomic E-state index is 12.9. The molecular formula is C30H32BN3O5. The Bertz CT molecular complexity index is 1390. The van der Waals surface area contributed by atoms with Gasteiger partial charge in [-0.3, -0.25) is 4.79 Å². The van der Waals surface area contributed by atoms with E-state index in [2.05, 4.69) is 34.6 Å². The lowest BCUT2D eigenvalue weighted by Crippen LogP contribution is -2.41. The normalized spacial score (nSPS) is 17.4. The van der Waals surface area contributed by atoms with Crippen LogP contribution in [0.5, 0.6) is 0 Å². The smallest absolute Gasteiger partial charge is 0.449 e. The number of carbonyl (C=O) groups is 2. The molecule has 0 atom stereocenters. The van der Waals surface area contributed by atoms with E-state index < -0.39 is 30.3 Å². The van der Waals surface area contributed by atoms with Crippen LogP contribution in [0.25, 0.3) is 17.2 Å². The fraction of sp³-hybridized carbons (Fsp3) is 0.300. The fourth-order valence-corrected chi connectivity index (χ4v) is 4.88. The van der Waals surface area contributed by atoms with Crippen LogP contribution in [-0.4, -0.2) is 48.5 Å². The summed E-state index contributed by atoms with van der Waals surface area (Å²) in [5.41, 5.74) is 10.1. The predicted octanol–water partition coefficient (Wildman–Crippen LogP) is 4.73. The molecule has 9 heteroatoms. The topological polar surface area (TPSA) is 113 Å². The van der Waals surface area contributed by atoms with E-state index in [0.717, 1.165) is 11.1 Å². The molecule has 5 rings (SSSR count). The highest BCUT2D eigenvalue weighted by Crippen LogP contribution is 2.44. The quantitative estimate of drug-likeness (QED) is 0.431. The average Bonchev–Trinajstić information content (AvgIpc) is 3.34. The molecule has 2 aromatic carbocycles. The van der Waals surface area contributed by atoms with Crippen molar-refractivity contribution in [3.63, 3.8) is 0 Å². The second kappa shape index (κ2) is 10.3. The first kappa shape index (κ1) is 26.7. The van der Waals surface area contributed by atoms with Gasteiger partial charge in [-0.1, -0.05) is 54.6 Å². The number of fused-ring (bicyclic) bond motifs is 3. The van der Waals surface area contributed by atoms with E-state index in [1.54, 1.807) is 24.3 Å². The Morgan fingerprint density at radius 3 is 2.13 bits per heavy atom. The van der Waals surface area contributed by atoms with Crippen LogP contribution in [-0.2, 0) is 14.0 Å². The molecule has 0 radical (unpaired) electrons. The molecule has 0 saturated carbocycles. The number of hydrogen-bond donors (Lipinski definition) is 2. The van der Waals surface area contributed by atoms with E-state index in [4.69, 9.17) is 19.8 Å². The number of nitrogens with one attached hydrogen (secondary N) is 1. The molecule has 2 amide bonds. The highest BCUT2D eigenvalue weighted by Gasteiger charge is 2.52. The summed E-state index contributed by atoms with van der Waals surface area (Å²) in [7, 11) is -0.733. The minimum absolute atomic E-state index is 0.0398. The summed E-state index contributed by atoms with van der Waals surface area (Å²) < 4.78 is 18.2. The van der Waals surface area contributed by atoms with Crippen molar-refractivity contribution < 1.29 is 23.6 Å². The Labute approximate surface area is 228 Å². The molecule has 2 heterocycles. The van der Waals surface area contributed by atoms with Crippen molar-refractivity contribution in [2.24, 2.45) is 5.73 Å². The monoisotopic (exact) mass is 525 g/mol. The molecule has 0 unspecified atom stereocenters. The molecule has 1 aromatic heterocycles. The van der Waals surface area contributed by atoms with Crippen molar-refractivity contribution in [1.29, 1.82) is 0 Å². The average molecular weight is 525 g/mol. The van der Waals surface area contributed by atoms with Crippen molar-refractivity contribution >= 4 is 25.2 Å². The second-order valence-electron chi connectivity index (χ2n) is 10.8. The number of benzene rings is 2. The maximum Gasteiger partial charge on any atom is 0.492 e. The Balaban J connectivity index is 1.31. The molecule has 8 nitrogen and oxygen atoms in total. The highest BCUT2D eigenvalue weighted by molar-refractivity contribution is 6.56. The number of alkyl carbamates (subject to hydrolysis) is 1. The van der Waals surface area contributed by atoms with Gasteiger partial charge >= 0.3 is 13.2 Å². The number of hydrogen-bond acceptors (Lipinski definition) is 6. The van der Waals surface area contributed by atoms with Crippen LogP contribution >= 0.6 is 0 Å². The fourth-order valence-electron chi connectivity index (χ4n) is 4.88. The molecule has 1 aliphatic heterocycles. The molecule has 1 fully saturated rings. The number of amides is 2. The molecule has 1 aliphatic carbocycles. The number of nitrogens with zero attached hydrogens (tertiary/aromatic N) is 1. The van der Waals surface area contributed by atoms with Gasteiger partial charge in [0.05, 0.1) is 16.9 Å². The minimum atomic E-state index is -0.733. The van der Waals surface area contributed by atoms with Gasteiger partial charge < -0.3 is 25.1 Å². The van der Waals surface area contributed by atoms with Gasteiger partial charge in [-0.15, -0.1) is 0 Å². The van der Waals surface area contributed by atoms with Crippen molar-refractivity contribution in [3.05, 3.63) is 94.7 Å². The largest absolute Gasteiger partial charge is 0.492 e. The van der Waals surface area contributed by atoms with Gasteiger partial charge in [0, 0.05) is 12.5 Å². The number of primary amides is 1. The summed E-state index contributed by atoms with van der Waals surface area (Å²) >= 11 is 0. The van der Waals surface area contributed by atoms with Crippen LogP contribution in [0.1, 0.15) is 60.9 Å². The van der Waals surface area contributed by atoms with Crippen LogP contribution < -0.4 is 11.1 Å². The third kappa shape index (κ3) is 5.33. The Kier molecular flexibility index (Phi) is 7.05. The lowest BCUT2D eigenvalue weighted by atomic mass is 9.77. The van der Waals surface area contributed by atoms with Gasteiger partial charge in [-0.05, 0) is 73.6 Å². The molecule has 3 aromatic rings. The molecule has 39 heavy (non-hydrogen) atoms. The number of pyridine rings is 1. The lowest BCUT2D eigenvalue weighted by Gasteiger charge is -2.32. The zero-order chi connectivity index (χ0) is 27.8. The summed E-state index contributed by atoms with van der Waals surface area (Å²) in [5, 5.41) is 2.84. The van der Waals surface area contributed by atoms with Crippen LogP contribution in [0.2, 0.25) is 0 Å². The summed E-state index contributed by atoms with van der Waals surface area (Å²) in [6.45, 7) is 8.11. The first-order valence-electron chi connectivity index (χ1n) is 13.0. The molecular weight excluding hydrogens is 493 g/mol. The third-order valence-electron chi connectivity index (χ3n) is 7.69. The van der Waals surface area contributed by atoms with Crippen LogP contribution in [0.3, 0.4) is 0 Å². The number of nitrogens with two attached hydrogens (primary N) is 1. The lowest BCUT2D eigenvalue weighted by molar-refractivity contribution is 0.00578. The number of rotatable bonds is 7. The standard InChI is InChI=1S/C30H32BN3O5/c1-29(2)30(3,4)39-31(38-29)19(16-20-10-9-15-26(34-20)27(32)35)17-33-28(36)37-18-25-23-13-7-5-11-21(23)22-12-6-8-14-24(22)25/h5-16,25H,17-18H2,1-4H3,(H2,32,35)(H,33,36). The van der Waals surface area contributed by atoms with Crippen molar-refractivity contribution in [2.75, 3.05) is 13.2 Å². The van der Waals surface area contributed by atoms with E-state index >= 15 is 0 Å². The predicted molar refractivity (Wildman–Crippen MR) is 150 cm³/mol. The van der Waals surface area contributed by atoms with Gasteiger partial charge in [0.2, 0.25) is 0 Å². The van der Waals surface area contributed by atoms with Crippen LogP contribution in [0.4, 0.5) is 4.79 Å². The number of ether oxygens (including phenoxy) is 1. The maximum atomic E-state index is 12.9. The highest BCUT2D eigenvalue weighted by atomic mass is 16.7. The van der Waals surface area contributed by atoms with E-state index in [9.17, 15) is 9.59 Å². The molecule has 0 spiro atoms. The molecule has 0 bridgehead atoms. The first-order valence-corrected chi connectivity index (χ1v) is 13.0. The van der Waals surface area contributed by atoms with E-state index in [-0.39, 0.29) is 24.8 Å². The van der Waals surface area contributed by atoms with Gasteiger partial charge in [0.15, 0.2) is 0 Å². The zero-order valence-electron chi connectivity index (χ0n) is 22.6. The van der Waals surface area contributed by atoms with Crippen LogP contribution in [0.15, 0.2) is 72.2 Å². The summed E-state index contributed by atoms with van der Waals surface area (Å²) in [6.07, 6.45) is 1.18. The van der Waals surface area contributed by atoms with Crippen molar-refractivity contribution in [1.82, 2.24) is 10.3 Å². The van der Waals surface area contributed by atoms with E-state index in [0.29, 0.717) is 11.2 Å². The van der Waals surface area contributed by atoms with Gasteiger partial charge in [-0.25, -0.2) is 9.78 Å². The number of aromatic nitrogens is 1. The van der Waals surface area contributed by atoms with Crippen LogP contribution in [0, 0.1) is 0 Å². The van der Waals surface area contributed by atoms with Gasteiger partial charge in [0.1, 0.15) is 12.3 Å². The summed E-state index contributed by atoms with van der Waals surface area (Å²) in [6, 6.07) is 21.4. The van der Waals surface area contributed by atoms with Gasteiger partial charge in [0.25, 0.3) is 5.91 Å². The SMILES string of the molecule is CC1(C)OB(C(=Cc2cccc(C(N)=O)n2)CNC(=O)OCC2c3ccccc3-c3ccccc32)OC1(C)C. The minimum Gasteiger partial charge on any atom is -0.449 e. The molecule has 3 N–H and O–H groups in total. The molecule has 200 valence electrons. The number of carbonyl (C=O) groups excluding carboxylic acids is 2. The summed E-state index contributed by atoms with van der Waals surface area (Å²) in [5.74, 6) is -0.666. The Morgan fingerprint density at radius 2 is 1.54 bits per heavy atom. The molecule has 2 aliphatic rings. The van der Waals surface area contributed by atoms with Crippen molar-refractivity contribution in [3.8, 4) is 11.1 Å². The first-order chi connectivity index (χ1) is 18.6. The van der Waals surface area contributed by atoms with E-state index in [1.807, 2.05) is 52.0 Å². The zero-order valence-corrected chi connectivity index (χ0v) is 22.6. The third-order valence-corrected chi connectivity index (χ3v) is 7.69. The Morgan fingerprint density at radius 1 is 0.949 bits per heavy atom. The second-order valence-corrected chi connectivity index (χ2v) is 10.8. The Hall–Kier alpha value is -3.95. The molecule has 1 saturated heterocycles. The summed E-state index contributed by atoms with van der Waals surface area (Å²) in [4.78, 5) is 28.8. The van der Waals surface area contributed by atoms with Gasteiger partial charge in [-0.2, -0.15) is 0 Å².